The van der Waals surface area contributed by atoms with Gasteiger partial charge in [0.1, 0.15) is 5.75 Å². The standard InChI is InChI=1S/C18H26N2O/c1-15(2)14-19-10-4-3-5-12-21-17-9-8-16-7-6-11-20-18(16)13-17/h6-9,11,13,15,19H,3-5,10,12,14H2,1-2H3. The molecule has 2 rings (SSSR count). The number of nitrogens with one attached hydrogen (secondary N) is 1. The van der Waals surface area contributed by atoms with Crippen molar-refractivity contribution in [1.82, 2.24) is 10.3 Å². The third kappa shape index (κ3) is 5.72. The Morgan fingerprint density at radius 1 is 1.14 bits per heavy atom. The first-order chi connectivity index (χ1) is 10.3. The predicted molar refractivity (Wildman–Crippen MR) is 88.8 cm³/mol. The summed E-state index contributed by atoms with van der Waals surface area (Å²) in [6, 6.07) is 10.1. The van der Waals surface area contributed by atoms with Gasteiger partial charge in [-0.05, 0) is 56.5 Å². The lowest BCUT2D eigenvalue weighted by Gasteiger charge is -2.08. The van der Waals surface area contributed by atoms with Crippen molar-refractivity contribution in [1.29, 1.82) is 0 Å². The molecule has 114 valence electrons. The third-order valence-corrected chi connectivity index (χ3v) is 3.40. The van der Waals surface area contributed by atoms with Gasteiger partial charge in [-0.25, -0.2) is 0 Å². The van der Waals surface area contributed by atoms with Gasteiger partial charge in [-0.15, -0.1) is 0 Å². The first-order valence-corrected chi connectivity index (χ1v) is 7.94. The van der Waals surface area contributed by atoms with Crippen LogP contribution in [0.15, 0.2) is 36.5 Å². The Bertz CT molecular complexity index is 539. The number of rotatable bonds is 9. The summed E-state index contributed by atoms with van der Waals surface area (Å²) >= 11 is 0. The van der Waals surface area contributed by atoms with Crippen LogP contribution >= 0.6 is 0 Å². The fourth-order valence-electron chi connectivity index (χ4n) is 2.25. The van der Waals surface area contributed by atoms with Gasteiger partial charge < -0.3 is 10.1 Å². The van der Waals surface area contributed by atoms with Crippen LogP contribution in [0.2, 0.25) is 0 Å². The van der Waals surface area contributed by atoms with E-state index < -0.39 is 0 Å². The zero-order valence-electron chi connectivity index (χ0n) is 13.1. The van der Waals surface area contributed by atoms with Crippen LogP contribution in [-0.4, -0.2) is 24.7 Å². The van der Waals surface area contributed by atoms with Crippen molar-refractivity contribution in [3.63, 3.8) is 0 Å². The van der Waals surface area contributed by atoms with E-state index in [9.17, 15) is 0 Å². The number of ether oxygens (including phenoxy) is 1. The number of hydrogen-bond donors (Lipinski definition) is 1. The van der Waals surface area contributed by atoms with Crippen molar-refractivity contribution in [3.05, 3.63) is 36.5 Å². The molecule has 0 spiro atoms. The summed E-state index contributed by atoms with van der Waals surface area (Å²) in [5.74, 6) is 1.65. The molecule has 1 N–H and O–H groups in total. The van der Waals surface area contributed by atoms with Gasteiger partial charge >= 0.3 is 0 Å². The highest BCUT2D eigenvalue weighted by Gasteiger charge is 1.98. The molecule has 0 aliphatic heterocycles. The number of aromatic nitrogens is 1. The smallest absolute Gasteiger partial charge is 0.121 e. The van der Waals surface area contributed by atoms with E-state index in [1.54, 1.807) is 0 Å². The molecule has 0 unspecified atom stereocenters. The molecule has 2 aromatic rings. The molecule has 1 aromatic carbocycles. The van der Waals surface area contributed by atoms with Crippen molar-refractivity contribution in [3.8, 4) is 5.75 Å². The molecule has 1 aromatic heterocycles. The number of fused-ring (bicyclic) bond motifs is 1. The van der Waals surface area contributed by atoms with Gasteiger partial charge in [0, 0.05) is 17.6 Å². The molecular formula is C18H26N2O. The van der Waals surface area contributed by atoms with Crippen LogP contribution in [0.3, 0.4) is 0 Å². The van der Waals surface area contributed by atoms with Crippen LogP contribution in [-0.2, 0) is 0 Å². The Balaban J connectivity index is 1.61. The third-order valence-electron chi connectivity index (χ3n) is 3.40. The second-order valence-electron chi connectivity index (χ2n) is 5.87. The topological polar surface area (TPSA) is 34.1 Å². The largest absolute Gasteiger partial charge is 0.494 e. The molecular weight excluding hydrogens is 260 g/mol. The Labute approximate surface area is 127 Å². The number of pyridine rings is 1. The van der Waals surface area contributed by atoms with Gasteiger partial charge in [0.25, 0.3) is 0 Å². The minimum Gasteiger partial charge on any atom is -0.494 e. The maximum absolute atomic E-state index is 5.80. The summed E-state index contributed by atoms with van der Waals surface area (Å²) in [7, 11) is 0. The fourth-order valence-corrected chi connectivity index (χ4v) is 2.25. The van der Waals surface area contributed by atoms with E-state index >= 15 is 0 Å². The van der Waals surface area contributed by atoms with Crippen LogP contribution in [0.4, 0.5) is 0 Å². The maximum atomic E-state index is 5.80. The molecule has 3 heteroatoms. The maximum Gasteiger partial charge on any atom is 0.121 e. The van der Waals surface area contributed by atoms with Gasteiger partial charge in [-0.2, -0.15) is 0 Å². The van der Waals surface area contributed by atoms with Crippen LogP contribution in [0.25, 0.3) is 10.9 Å². The van der Waals surface area contributed by atoms with Gasteiger partial charge in [0.2, 0.25) is 0 Å². The molecule has 0 aliphatic rings. The molecule has 3 nitrogen and oxygen atoms in total. The molecule has 0 fully saturated rings. The lowest BCUT2D eigenvalue weighted by molar-refractivity contribution is 0.305. The highest BCUT2D eigenvalue weighted by molar-refractivity contribution is 5.79. The summed E-state index contributed by atoms with van der Waals surface area (Å²) in [4.78, 5) is 4.35. The second kappa shape index (κ2) is 8.63. The monoisotopic (exact) mass is 286 g/mol. The van der Waals surface area contributed by atoms with E-state index in [1.165, 1.54) is 12.8 Å². The van der Waals surface area contributed by atoms with E-state index in [0.29, 0.717) is 0 Å². The number of nitrogens with zero attached hydrogens (tertiary/aromatic N) is 1. The van der Waals surface area contributed by atoms with Crippen LogP contribution < -0.4 is 10.1 Å². The summed E-state index contributed by atoms with van der Waals surface area (Å²) in [5.41, 5.74) is 0.993. The fraction of sp³-hybridized carbons (Fsp3) is 0.500. The van der Waals surface area contributed by atoms with Crippen molar-refractivity contribution in [2.45, 2.75) is 33.1 Å². The minimum absolute atomic E-state index is 0.731. The van der Waals surface area contributed by atoms with Crippen LogP contribution in [0, 0.1) is 5.92 Å². The Morgan fingerprint density at radius 3 is 2.90 bits per heavy atom. The number of hydrogen-bond acceptors (Lipinski definition) is 3. The lowest BCUT2D eigenvalue weighted by Crippen LogP contribution is -2.20. The minimum atomic E-state index is 0.731. The molecule has 1 heterocycles. The van der Waals surface area contributed by atoms with Gasteiger partial charge in [0.05, 0.1) is 12.1 Å². The lowest BCUT2D eigenvalue weighted by atomic mass is 10.2. The Kier molecular flexibility index (Phi) is 6.48. The highest BCUT2D eigenvalue weighted by atomic mass is 16.5. The highest BCUT2D eigenvalue weighted by Crippen LogP contribution is 2.18. The summed E-state index contributed by atoms with van der Waals surface area (Å²) in [6.45, 7) is 7.47. The van der Waals surface area contributed by atoms with Gasteiger partial charge in [-0.3, -0.25) is 4.98 Å². The summed E-state index contributed by atoms with van der Waals surface area (Å²) in [6.07, 6.45) is 5.34. The number of benzene rings is 1. The van der Waals surface area contributed by atoms with Gasteiger partial charge in [-0.1, -0.05) is 19.9 Å². The Morgan fingerprint density at radius 2 is 2.05 bits per heavy atom. The zero-order valence-corrected chi connectivity index (χ0v) is 13.1. The quantitative estimate of drug-likeness (QED) is 0.707. The SMILES string of the molecule is CC(C)CNCCCCCOc1ccc2cccnc2c1. The van der Waals surface area contributed by atoms with Crippen molar-refractivity contribution in [2.24, 2.45) is 5.92 Å². The normalized spacial score (nSPS) is 11.2. The first-order valence-electron chi connectivity index (χ1n) is 7.94. The molecule has 0 bridgehead atoms. The van der Waals surface area contributed by atoms with Gasteiger partial charge in [0.15, 0.2) is 0 Å². The molecule has 0 saturated carbocycles. The van der Waals surface area contributed by atoms with E-state index in [4.69, 9.17) is 4.74 Å². The average Bonchev–Trinajstić information content (AvgIpc) is 2.49. The molecule has 0 amide bonds. The van der Waals surface area contributed by atoms with Crippen molar-refractivity contribution < 1.29 is 4.74 Å². The van der Waals surface area contributed by atoms with Crippen LogP contribution in [0.1, 0.15) is 33.1 Å². The van der Waals surface area contributed by atoms with Crippen LogP contribution in [0.5, 0.6) is 5.75 Å². The molecule has 0 atom stereocenters. The summed E-state index contributed by atoms with van der Waals surface area (Å²) < 4.78 is 5.80. The zero-order chi connectivity index (χ0) is 14.9. The Hall–Kier alpha value is -1.61. The van der Waals surface area contributed by atoms with E-state index in [-0.39, 0.29) is 0 Å². The number of unbranched alkanes of at least 4 members (excludes halogenated alkanes) is 2. The second-order valence-corrected chi connectivity index (χ2v) is 5.87. The molecule has 0 radical (unpaired) electrons. The average molecular weight is 286 g/mol. The predicted octanol–water partition coefficient (Wildman–Crippen LogP) is 4.03. The van der Waals surface area contributed by atoms with E-state index in [1.807, 2.05) is 24.4 Å². The molecule has 0 saturated heterocycles. The molecule has 21 heavy (non-hydrogen) atoms. The van der Waals surface area contributed by atoms with Crippen molar-refractivity contribution in [2.75, 3.05) is 19.7 Å². The van der Waals surface area contributed by atoms with Crippen molar-refractivity contribution >= 4 is 10.9 Å². The molecule has 0 aliphatic carbocycles. The van der Waals surface area contributed by atoms with E-state index in [0.717, 1.165) is 48.7 Å². The van der Waals surface area contributed by atoms with E-state index in [2.05, 4.69) is 36.3 Å². The summed E-state index contributed by atoms with van der Waals surface area (Å²) in [5, 5.41) is 4.62. The first kappa shape index (κ1) is 15.8.